The van der Waals surface area contributed by atoms with Gasteiger partial charge in [0.05, 0.1) is 13.0 Å². The maximum absolute atomic E-state index is 11.9. The van der Waals surface area contributed by atoms with Gasteiger partial charge in [0.25, 0.3) is 0 Å². The minimum atomic E-state index is -0.167. The number of carbonyl (C=O) groups excluding carboxylic acids is 1. The predicted molar refractivity (Wildman–Crippen MR) is 134 cm³/mol. The summed E-state index contributed by atoms with van der Waals surface area (Å²) >= 11 is 0. The molecule has 1 aliphatic heterocycles. The van der Waals surface area contributed by atoms with Crippen molar-refractivity contribution in [1.82, 2.24) is 15.2 Å². The second-order valence-corrected chi connectivity index (χ2v) is 7.43. The number of likely N-dealkylation sites (tertiary alicyclic amines) is 1. The van der Waals surface area contributed by atoms with Crippen LogP contribution in [-0.2, 0) is 16.1 Å². The molecule has 1 aromatic carbocycles. The van der Waals surface area contributed by atoms with Crippen molar-refractivity contribution in [2.45, 2.75) is 13.5 Å². The number of pyridine rings is 1. The van der Waals surface area contributed by atoms with Gasteiger partial charge >= 0.3 is 5.97 Å². The SMILES string of the molecule is CN=C(NCc1ccc(OCCOc2ccccc2)nc1)N1CC(C)C(C(=O)OC)C1.I. The maximum atomic E-state index is 11.9. The Hall–Kier alpha value is -2.56. The van der Waals surface area contributed by atoms with Crippen molar-refractivity contribution in [3.05, 3.63) is 54.2 Å². The Morgan fingerprint density at radius 1 is 1.16 bits per heavy atom. The van der Waals surface area contributed by atoms with E-state index in [-0.39, 0.29) is 41.8 Å². The van der Waals surface area contributed by atoms with Crippen LogP contribution < -0.4 is 14.8 Å². The van der Waals surface area contributed by atoms with Crippen LogP contribution in [0.1, 0.15) is 12.5 Å². The summed E-state index contributed by atoms with van der Waals surface area (Å²) in [6.45, 7) is 4.86. The third-order valence-corrected chi connectivity index (χ3v) is 5.22. The van der Waals surface area contributed by atoms with Crippen molar-refractivity contribution < 1.29 is 19.0 Å². The minimum Gasteiger partial charge on any atom is -0.490 e. The van der Waals surface area contributed by atoms with E-state index in [0.29, 0.717) is 32.2 Å². The number of rotatable bonds is 8. The van der Waals surface area contributed by atoms with Crippen LogP contribution >= 0.6 is 24.0 Å². The number of aliphatic imine (C=N–C) groups is 1. The molecule has 1 aromatic heterocycles. The first-order valence-electron chi connectivity index (χ1n) is 10.4. The van der Waals surface area contributed by atoms with Crippen LogP contribution in [0.3, 0.4) is 0 Å². The average molecular weight is 554 g/mol. The van der Waals surface area contributed by atoms with E-state index in [1.54, 1.807) is 13.2 Å². The molecule has 32 heavy (non-hydrogen) atoms. The van der Waals surface area contributed by atoms with Crippen molar-refractivity contribution in [3.8, 4) is 11.6 Å². The molecule has 0 spiro atoms. The molecule has 8 nitrogen and oxygen atoms in total. The van der Waals surface area contributed by atoms with Crippen molar-refractivity contribution in [2.75, 3.05) is 40.5 Å². The number of aromatic nitrogens is 1. The zero-order valence-corrected chi connectivity index (χ0v) is 21.0. The Morgan fingerprint density at radius 3 is 2.56 bits per heavy atom. The van der Waals surface area contributed by atoms with Gasteiger partial charge in [0.2, 0.25) is 5.88 Å². The first-order chi connectivity index (χ1) is 15.1. The van der Waals surface area contributed by atoms with E-state index in [2.05, 4.69) is 27.1 Å². The second kappa shape index (κ2) is 13.1. The molecule has 2 atom stereocenters. The topological polar surface area (TPSA) is 85.3 Å². The molecule has 0 bridgehead atoms. The number of benzene rings is 1. The molecule has 1 aliphatic rings. The Kier molecular flexibility index (Phi) is 10.5. The normalized spacial score (nSPS) is 18.0. The Bertz CT molecular complexity index is 864. The predicted octanol–water partition coefficient (Wildman–Crippen LogP) is 2.97. The quantitative estimate of drug-likeness (QED) is 0.177. The van der Waals surface area contributed by atoms with E-state index in [0.717, 1.165) is 23.8 Å². The number of hydrogen-bond donors (Lipinski definition) is 1. The highest BCUT2D eigenvalue weighted by atomic mass is 127. The van der Waals surface area contributed by atoms with Crippen molar-refractivity contribution in [1.29, 1.82) is 0 Å². The highest BCUT2D eigenvalue weighted by Gasteiger charge is 2.36. The highest BCUT2D eigenvalue weighted by molar-refractivity contribution is 14.0. The fourth-order valence-corrected chi connectivity index (χ4v) is 3.53. The molecule has 9 heteroatoms. The van der Waals surface area contributed by atoms with Crippen LogP contribution in [-0.4, -0.2) is 62.3 Å². The van der Waals surface area contributed by atoms with Gasteiger partial charge in [-0.1, -0.05) is 31.2 Å². The summed E-state index contributed by atoms with van der Waals surface area (Å²) in [5, 5.41) is 3.34. The number of methoxy groups -OCH3 is 1. The standard InChI is InChI=1S/C23H30N4O4.HI/c1-17-15-27(16-20(17)22(28)29-3)23(24-2)26-14-18-9-10-21(25-13-18)31-12-11-30-19-7-5-4-6-8-19;/h4-10,13,17,20H,11-12,14-16H2,1-3H3,(H,24,26);1H. The van der Waals surface area contributed by atoms with E-state index >= 15 is 0 Å². The summed E-state index contributed by atoms with van der Waals surface area (Å²) in [7, 11) is 3.17. The summed E-state index contributed by atoms with van der Waals surface area (Å²) in [6, 6.07) is 13.4. The van der Waals surface area contributed by atoms with Crippen LogP contribution in [0.15, 0.2) is 53.7 Å². The molecule has 2 aromatic rings. The molecule has 2 unspecified atom stereocenters. The van der Waals surface area contributed by atoms with Crippen LogP contribution in [0.5, 0.6) is 11.6 Å². The lowest BCUT2D eigenvalue weighted by Gasteiger charge is -2.21. The smallest absolute Gasteiger partial charge is 0.310 e. The zero-order valence-electron chi connectivity index (χ0n) is 18.7. The number of nitrogens with zero attached hydrogens (tertiary/aromatic N) is 3. The van der Waals surface area contributed by atoms with E-state index in [1.807, 2.05) is 42.5 Å². The van der Waals surface area contributed by atoms with Crippen LogP contribution in [0.4, 0.5) is 0 Å². The Morgan fingerprint density at radius 2 is 1.91 bits per heavy atom. The summed E-state index contributed by atoms with van der Waals surface area (Å²) < 4.78 is 16.2. The summed E-state index contributed by atoms with van der Waals surface area (Å²) in [5.41, 5.74) is 1.01. The van der Waals surface area contributed by atoms with Crippen molar-refractivity contribution in [3.63, 3.8) is 0 Å². The molecule has 2 heterocycles. The van der Waals surface area contributed by atoms with Crippen LogP contribution in [0.25, 0.3) is 0 Å². The molecular formula is C23H31IN4O4. The van der Waals surface area contributed by atoms with Gasteiger partial charge in [-0.25, -0.2) is 4.98 Å². The first-order valence-corrected chi connectivity index (χ1v) is 10.4. The lowest BCUT2D eigenvalue weighted by atomic mass is 9.99. The lowest BCUT2D eigenvalue weighted by molar-refractivity contribution is -0.145. The number of nitrogens with one attached hydrogen (secondary N) is 1. The molecular weight excluding hydrogens is 523 g/mol. The number of halogens is 1. The van der Waals surface area contributed by atoms with Gasteiger partial charge in [-0.2, -0.15) is 0 Å². The summed E-state index contributed by atoms with van der Waals surface area (Å²) in [6.07, 6.45) is 1.78. The molecule has 1 saturated heterocycles. The third-order valence-electron chi connectivity index (χ3n) is 5.22. The molecule has 1 fully saturated rings. The molecule has 1 N–H and O–H groups in total. The van der Waals surface area contributed by atoms with Gasteiger partial charge in [-0.15, -0.1) is 24.0 Å². The van der Waals surface area contributed by atoms with Crippen molar-refractivity contribution >= 4 is 35.9 Å². The number of ether oxygens (including phenoxy) is 3. The third kappa shape index (κ3) is 7.25. The monoisotopic (exact) mass is 554 g/mol. The van der Waals surface area contributed by atoms with E-state index < -0.39 is 0 Å². The van der Waals surface area contributed by atoms with Gasteiger partial charge in [0.1, 0.15) is 19.0 Å². The fourth-order valence-electron chi connectivity index (χ4n) is 3.53. The largest absolute Gasteiger partial charge is 0.490 e. The van der Waals surface area contributed by atoms with Gasteiger partial charge in [0, 0.05) is 38.9 Å². The van der Waals surface area contributed by atoms with Crippen LogP contribution in [0, 0.1) is 11.8 Å². The lowest BCUT2D eigenvalue weighted by Crippen LogP contribution is -2.40. The maximum Gasteiger partial charge on any atom is 0.310 e. The van der Waals surface area contributed by atoms with Crippen LogP contribution in [0.2, 0.25) is 0 Å². The number of guanidine groups is 1. The number of esters is 1. The van der Waals surface area contributed by atoms with Gasteiger partial charge in [-0.05, 0) is 23.6 Å². The Balaban J connectivity index is 0.00000363. The molecule has 174 valence electrons. The zero-order chi connectivity index (χ0) is 22.1. The summed E-state index contributed by atoms with van der Waals surface area (Å²) in [4.78, 5) is 22.7. The Labute approximate surface area is 206 Å². The fraction of sp³-hybridized carbons (Fsp3) is 0.435. The van der Waals surface area contributed by atoms with E-state index in [1.165, 1.54) is 7.11 Å². The molecule has 0 saturated carbocycles. The highest BCUT2D eigenvalue weighted by Crippen LogP contribution is 2.24. The molecule has 0 amide bonds. The molecule has 0 aliphatic carbocycles. The van der Waals surface area contributed by atoms with E-state index in [4.69, 9.17) is 14.2 Å². The summed E-state index contributed by atoms with van der Waals surface area (Å²) in [5.74, 6) is 2.05. The second-order valence-electron chi connectivity index (χ2n) is 7.43. The minimum absolute atomic E-state index is 0. The van der Waals surface area contributed by atoms with Gasteiger partial charge < -0.3 is 24.4 Å². The molecule has 3 rings (SSSR count). The van der Waals surface area contributed by atoms with Gasteiger partial charge in [-0.3, -0.25) is 9.79 Å². The first kappa shape index (κ1) is 25.7. The van der Waals surface area contributed by atoms with E-state index in [9.17, 15) is 4.79 Å². The number of carbonyl (C=O) groups is 1. The number of hydrogen-bond acceptors (Lipinski definition) is 6. The molecule has 0 radical (unpaired) electrons. The number of para-hydroxylation sites is 1. The van der Waals surface area contributed by atoms with Crippen molar-refractivity contribution in [2.24, 2.45) is 16.8 Å². The average Bonchev–Trinajstić information content (AvgIpc) is 3.19. The van der Waals surface area contributed by atoms with Gasteiger partial charge in [0.15, 0.2) is 5.96 Å².